The number of azide groups is 5. The Bertz CT molecular complexity index is 5450. The number of aromatic amines is 3. The molecule has 0 aliphatic carbocycles. The summed E-state index contributed by atoms with van der Waals surface area (Å²) in [6.07, 6.45) is -11.0. The van der Waals surface area contributed by atoms with Crippen LogP contribution in [0.2, 0.25) is 0 Å². The largest absolute Gasteiger partial charge is 0.464 e. The topological polar surface area (TPSA) is 688 Å². The fourth-order valence-electron chi connectivity index (χ4n) is 13.0. The van der Waals surface area contributed by atoms with Crippen LogP contribution in [0, 0.1) is 21.3 Å². The zero-order valence-corrected chi connectivity index (χ0v) is 63.1. The van der Waals surface area contributed by atoms with Gasteiger partial charge in [-0.2, -0.15) is 4.98 Å². The number of ether oxygens (including phenoxy) is 5. The summed E-state index contributed by atoms with van der Waals surface area (Å²) in [5.74, 6) is -1.63. The molecular weight excluding hydrogens is 1680 g/mol. The number of anilines is 1. The summed E-state index contributed by atoms with van der Waals surface area (Å²) in [7, 11) is 0. The molecule has 1 unspecified atom stereocenters. The van der Waals surface area contributed by atoms with Gasteiger partial charge in [0.05, 0.1) is 52.3 Å². The Morgan fingerprint density at radius 2 is 0.897 bits per heavy atom. The zero-order chi connectivity index (χ0) is 85.3. The van der Waals surface area contributed by atoms with Crippen molar-refractivity contribution in [2.75, 3.05) is 18.9 Å². The number of furan rings is 3. The molecule has 13 rings (SSSR count). The Labute approximate surface area is 656 Å². The third-order valence-corrected chi connectivity index (χ3v) is 20.4. The van der Waals surface area contributed by atoms with Crippen LogP contribution in [0.4, 0.5) is 32.6 Å². The van der Waals surface area contributed by atoms with Crippen LogP contribution in [0.25, 0.3) is 80.4 Å². The van der Waals surface area contributed by atoms with E-state index in [1.807, 2.05) is 4.98 Å². The van der Waals surface area contributed by atoms with Crippen LogP contribution in [0.5, 0.6) is 0 Å². The monoisotopic (exact) mass is 1750 g/mol. The van der Waals surface area contributed by atoms with Crippen LogP contribution in [0.3, 0.4) is 0 Å². The van der Waals surface area contributed by atoms with Gasteiger partial charge in [-0.15, -0.1) is 0 Å². The lowest BCUT2D eigenvalue weighted by molar-refractivity contribution is -0.128. The molecule has 53 heteroatoms. The van der Waals surface area contributed by atoms with Crippen LogP contribution < -0.4 is 50.5 Å². The second-order valence-electron chi connectivity index (χ2n) is 25.9. The van der Waals surface area contributed by atoms with Crippen molar-refractivity contribution in [1.82, 2.24) is 48.4 Å². The SMILES string of the molecule is CC[C@@]1(N=[N+]=[N-])O[C@@H](n2cc(-c3ccco3)c(=O)[nH]c2=O)[C@@H](F)[C@@H]1C.CC[C@@]1(N=[N+]=[N-])O[C@@H](n2cc(I)c(=O)[nH]c2=O)[C@@H](F)[C@@H]1C.CC[C@@]1(N=[N+]=[N-])O[C@@H](n2ccc(=O)[nH]c2=O)[C@@H](F)[C@@H]1C.[N-]=[N+]=N[C@]1(CO)O[C@@H](N2C=C(c3ccco3)C(O)NC2=O)[C@@H](F)[C@@H]1O.[N-]=[N+]=N[C@]1(CO)O[C@@H](n2cc(-c3ccco3)c(N)nc2=O)[C@@H](F)[C@@H]1O. The van der Waals surface area contributed by atoms with Crippen LogP contribution in [0.1, 0.15) is 91.5 Å². The van der Waals surface area contributed by atoms with E-state index in [0.29, 0.717) is 0 Å². The number of nitrogens with zero attached hydrogens (tertiary/aromatic N) is 21. The number of aliphatic hydroxyl groups excluding tert-OH is 5. The lowest BCUT2D eigenvalue weighted by atomic mass is 9.94. The molecule has 21 atom stereocenters. The molecule has 2 amide bonds. The highest BCUT2D eigenvalue weighted by molar-refractivity contribution is 14.1. The van der Waals surface area contributed by atoms with Crippen LogP contribution in [0.15, 0.2) is 165 Å². The summed E-state index contributed by atoms with van der Waals surface area (Å²) in [5.41, 5.74) is 35.5. The van der Waals surface area contributed by atoms with Gasteiger partial charge >= 0.3 is 28.8 Å². The predicted molar refractivity (Wildman–Crippen MR) is 392 cm³/mol. The molecule has 6 aliphatic heterocycles. The maximum Gasteiger partial charge on any atom is 0.351 e. The number of aromatic nitrogens is 8. The number of nitrogen functional groups attached to an aromatic ring is 1. The number of hydrogen-bond donors (Lipinski definition) is 10. The zero-order valence-electron chi connectivity index (χ0n) is 60.9. The molecule has 11 N–H and O–H groups in total. The molecule has 0 aromatic carbocycles. The Balaban J connectivity index is 0.000000166. The van der Waals surface area contributed by atoms with Crippen molar-refractivity contribution in [2.24, 2.45) is 43.3 Å². The molecule has 0 bridgehead atoms. The summed E-state index contributed by atoms with van der Waals surface area (Å²) in [6.45, 7) is 7.79. The summed E-state index contributed by atoms with van der Waals surface area (Å²) in [4.78, 5) is 118. The second-order valence-corrected chi connectivity index (χ2v) is 27.1. The molecule has 6 aliphatic rings. The molecule has 5 fully saturated rings. The number of amides is 2. The summed E-state index contributed by atoms with van der Waals surface area (Å²) in [5, 5.41) is 67.8. The average Bonchev–Trinajstić information content (AvgIpc) is 1.62. The summed E-state index contributed by atoms with van der Waals surface area (Å²) in [6, 6.07) is 9.50. The molecule has 7 aromatic heterocycles. The number of rotatable bonds is 18. The van der Waals surface area contributed by atoms with Gasteiger partial charge in [-0.3, -0.25) is 52.5 Å². The van der Waals surface area contributed by atoms with Crippen molar-refractivity contribution in [3.05, 3.63) is 227 Å². The Hall–Kier alpha value is -11.9. The van der Waals surface area contributed by atoms with Crippen molar-refractivity contribution in [2.45, 2.75) is 170 Å². The Kier molecular flexibility index (Phi) is 27.5. The first kappa shape index (κ1) is 88.1. The van der Waals surface area contributed by atoms with E-state index in [-0.39, 0.29) is 62.6 Å². The number of carbonyl (C=O) groups is 1. The predicted octanol–water partition coefficient (Wildman–Crippen LogP) is 6.56. The standard InChI is InChI=1S/C15H16FN5O4.C13H13FN6O5.C13H14FN5O6.C11H13FIN5O3.C11H14FN5O3/c1-3-15(19-20-17)8(2)11(16)13(25-15)21-7-9(10-5-4-6-24-10)12(22)18-14(21)23;14-8-9(22)13(5-21,18-19-16)25-11(8)20-4-6(7-2-1-3-24-7)10(15)17-12(20)23;14-8-9(21)13(5-20,17-18-15)25-11(8)19-4-6(7-2-1-3-24-7)10(22)16-12(19)23;1-3-11(16-17-14)5(2)7(12)9(21-11)18-4-6(13)8(19)15-10(18)20;1-3-11(15-16-13)6(2)8(12)9(20-11)17-5-4-7(18)14-10(17)19/h4-8,11,13H,3H2,1-2H3,(H,18,22,23);1-4,8-9,11,21-22H,5H2,(H2,15,17,23);1-4,8-11,20-22H,5H2,(H,16,23);4-5,7,9H,3H2,1-2H3,(H,15,19,20);4-6,8-9H,3H2,1-2H3,(H,14,18,19)/t8-,11-,13+,15+;8-,9-,11+,13+;8-,9-,10?,11+,13+;5-,7-,9+,11+;6-,8-,9+,11+/m00000/s1. The minimum atomic E-state index is -2.27. The fraction of sp³-hybridized carbons (Fsp3) is 0.508. The van der Waals surface area contributed by atoms with Crippen LogP contribution in [-0.4, -0.2) is 172 Å². The molecule has 0 radical (unpaired) electrons. The van der Waals surface area contributed by atoms with Gasteiger partial charge in [0.15, 0.2) is 85.4 Å². The highest BCUT2D eigenvalue weighted by atomic mass is 127. The number of carbonyl (C=O) groups excluding carboxylic acids is 1. The minimum Gasteiger partial charge on any atom is -0.464 e. The van der Waals surface area contributed by atoms with E-state index in [2.05, 4.69) is 70.4 Å². The molecule has 5 saturated heterocycles. The normalized spacial score (nSPS) is 31.4. The molecule has 7 aromatic rings. The van der Waals surface area contributed by atoms with Gasteiger partial charge in [-0.1, -0.05) is 67.1 Å². The fourth-order valence-corrected chi connectivity index (χ4v) is 13.5. The first-order valence-corrected chi connectivity index (χ1v) is 35.3. The molecule has 47 nitrogen and oxygen atoms in total. The summed E-state index contributed by atoms with van der Waals surface area (Å²) < 4.78 is 119. The van der Waals surface area contributed by atoms with Gasteiger partial charge in [0.2, 0.25) is 11.4 Å². The summed E-state index contributed by atoms with van der Waals surface area (Å²) >= 11 is 1.74. The third kappa shape index (κ3) is 17.0. The number of H-pyrrole nitrogens is 3. The number of nitrogens with one attached hydrogen (secondary N) is 4. The second kappa shape index (κ2) is 36.3. The number of halogens is 6. The smallest absolute Gasteiger partial charge is 0.351 e. The van der Waals surface area contributed by atoms with E-state index in [1.165, 1.54) is 37.2 Å². The Morgan fingerprint density at radius 1 is 0.517 bits per heavy atom. The van der Waals surface area contributed by atoms with Crippen molar-refractivity contribution < 1.29 is 89.2 Å². The van der Waals surface area contributed by atoms with Gasteiger partial charge < -0.3 is 73.5 Å². The average molecular weight is 1750 g/mol. The van der Waals surface area contributed by atoms with E-state index in [0.717, 1.165) is 47.8 Å². The molecule has 0 spiro atoms. The molecule has 116 heavy (non-hydrogen) atoms. The number of urea groups is 1. The van der Waals surface area contributed by atoms with Gasteiger partial charge in [0.1, 0.15) is 35.3 Å². The Morgan fingerprint density at radius 3 is 1.33 bits per heavy atom. The maximum atomic E-state index is 14.8. The quantitative estimate of drug-likeness (QED) is 0.0143. The van der Waals surface area contributed by atoms with Gasteiger partial charge in [-0.05, 0) is 106 Å². The van der Waals surface area contributed by atoms with Crippen molar-refractivity contribution in [3.8, 4) is 22.6 Å². The van der Waals surface area contributed by atoms with Gasteiger partial charge in [0, 0.05) is 79.4 Å². The van der Waals surface area contributed by atoms with Crippen molar-refractivity contribution in [1.29, 1.82) is 0 Å². The van der Waals surface area contributed by atoms with E-state index in [4.69, 9.17) is 70.3 Å². The highest BCUT2D eigenvalue weighted by Gasteiger charge is 2.60. The van der Waals surface area contributed by atoms with Gasteiger partial charge in [-0.25, -0.2) is 45.9 Å². The van der Waals surface area contributed by atoms with Crippen molar-refractivity contribution >= 4 is 40.0 Å². The van der Waals surface area contributed by atoms with Crippen molar-refractivity contribution in [3.63, 3.8) is 0 Å². The van der Waals surface area contributed by atoms with Gasteiger partial charge in [0.25, 0.3) is 16.7 Å². The van der Waals surface area contributed by atoms with Crippen LogP contribution in [-0.2, 0) is 23.7 Å². The molecular formula is C63H70F5IN26O21. The van der Waals surface area contributed by atoms with E-state index in [9.17, 15) is 85.8 Å². The minimum absolute atomic E-state index is 0.0610. The number of hydrogen-bond acceptors (Lipinski definition) is 28. The van der Waals surface area contributed by atoms with E-state index < -0.39 is 185 Å². The first-order valence-electron chi connectivity index (χ1n) is 34.3. The number of nitrogens with two attached hydrogens (primary N) is 1. The van der Waals surface area contributed by atoms with Crippen LogP contribution >= 0.6 is 22.6 Å². The third-order valence-electron chi connectivity index (χ3n) is 19.7. The maximum absolute atomic E-state index is 14.8. The number of alkyl halides is 5. The van der Waals surface area contributed by atoms with E-state index >= 15 is 0 Å². The van der Waals surface area contributed by atoms with E-state index in [1.54, 1.807) is 94.5 Å². The number of aliphatic hydroxyl groups is 5. The first-order chi connectivity index (χ1) is 55.1. The molecule has 13 heterocycles. The molecule has 0 saturated carbocycles. The lowest BCUT2D eigenvalue weighted by Crippen LogP contribution is -2.53. The lowest BCUT2D eigenvalue weighted by Gasteiger charge is -2.33. The highest BCUT2D eigenvalue weighted by Crippen LogP contribution is 2.49. The molecule has 620 valence electrons.